The maximum atomic E-state index is 11.1. The van der Waals surface area contributed by atoms with Gasteiger partial charge in [0.2, 0.25) is 5.91 Å². The van der Waals surface area contributed by atoms with Crippen molar-refractivity contribution in [3.05, 3.63) is 6.92 Å². The van der Waals surface area contributed by atoms with E-state index in [1.165, 1.54) is 0 Å². The van der Waals surface area contributed by atoms with Crippen molar-refractivity contribution in [1.82, 2.24) is 10.2 Å². The Balaban J connectivity index is 3.51. The lowest BCUT2D eigenvalue weighted by molar-refractivity contribution is -0.128. The maximum absolute atomic E-state index is 11.1. The van der Waals surface area contributed by atoms with Crippen LogP contribution in [0.15, 0.2) is 0 Å². The standard InChI is InChI=1S/C9H18N2O/c1-9(2,3)10-7-6-8(12)11(4)5/h1,10H,6-7H2,2-5H3. The molecule has 1 amide bonds. The molecule has 0 unspecified atom stereocenters. The summed E-state index contributed by atoms with van der Waals surface area (Å²) in [5.74, 6) is 0.117. The molecule has 3 heteroatoms. The van der Waals surface area contributed by atoms with Crippen LogP contribution >= 0.6 is 0 Å². The van der Waals surface area contributed by atoms with E-state index in [1.54, 1.807) is 19.0 Å². The highest BCUT2D eigenvalue weighted by atomic mass is 16.2. The van der Waals surface area contributed by atoms with E-state index in [9.17, 15) is 4.79 Å². The van der Waals surface area contributed by atoms with Crippen molar-refractivity contribution < 1.29 is 4.79 Å². The number of rotatable bonds is 4. The summed E-state index contributed by atoms with van der Waals surface area (Å²) in [4.78, 5) is 12.6. The summed E-state index contributed by atoms with van der Waals surface area (Å²) < 4.78 is 0. The zero-order chi connectivity index (χ0) is 9.78. The van der Waals surface area contributed by atoms with Crippen LogP contribution in [0.2, 0.25) is 0 Å². The molecule has 0 aromatic heterocycles. The second-order valence-corrected chi connectivity index (χ2v) is 3.69. The number of nitrogens with one attached hydrogen (secondary N) is 1. The Hall–Kier alpha value is -0.570. The van der Waals surface area contributed by atoms with E-state index < -0.39 is 5.54 Å². The Kier molecular flexibility index (Phi) is 4.24. The van der Waals surface area contributed by atoms with Gasteiger partial charge in [-0.25, -0.2) is 0 Å². The monoisotopic (exact) mass is 170 g/mol. The number of carbonyl (C=O) groups is 1. The van der Waals surface area contributed by atoms with Gasteiger partial charge in [-0.1, -0.05) is 0 Å². The Morgan fingerprint density at radius 2 is 2.00 bits per heavy atom. The number of hydrogen-bond donors (Lipinski definition) is 1. The minimum Gasteiger partial charge on any atom is -0.349 e. The molecule has 0 atom stereocenters. The van der Waals surface area contributed by atoms with Crippen LogP contribution in [0.25, 0.3) is 0 Å². The first kappa shape index (κ1) is 11.4. The molecule has 3 nitrogen and oxygen atoms in total. The van der Waals surface area contributed by atoms with Crippen LogP contribution in [0, 0.1) is 6.92 Å². The molecule has 0 fully saturated rings. The van der Waals surface area contributed by atoms with Crippen LogP contribution in [-0.2, 0) is 4.79 Å². The molecule has 0 rings (SSSR count). The van der Waals surface area contributed by atoms with Crippen LogP contribution < -0.4 is 5.32 Å². The van der Waals surface area contributed by atoms with Gasteiger partial charge >= 0.3 is 0 Å². The minimum atomic E-state index is -0.396. The Morgan fingerprint density at radius 3 is 2.33 bits per heavy atom. The second-order valence-electron chi connectivity index (χ2n) is 3.69. The summed E-state index contributed by atoms with van der Waals surface area (Å²) in [6.07, 6.45) is 0.494. The van der Waals surface area contributed by atoms with E-state index >= 15 is 0 Å². The average molecular weight is 170 g/mol. The lowest BCUT2D eigenvalue weighted by atomic mass is 10.1. The highest BCUT2D eigenvalue weighted by molar-refractivity contribution is 5.75. The van der Waals surface area contributed by atoms with Gasteiger partial charge in [0, 0.05) is 32.6 Å². The predicted octanol–water partition coefficient (Wildman–Crippen LogP) is 0.544. The Bertz CT molecular complexity index is 147. The first-order valence-corrected chi connectivity index (χ1v) is 4.07. The van der Waals surface area contributed by atoms with Gasteiger partial charge in [0.25, 0.3) is 0 Å². The summed E-state index contributed by atoms with van der Waals surface area (Å²) in [6.45, 7) is 10.0. The molecular formula is C9H18N2O. The largest absolute Gasteiger partial charge is 0.349 e. The van der Waals surface area contributed by atoms with Gasteiger partial charge < -0.3 is 10.2 Å². The third kappa shape index (κ3) is 6.16. The first-order chi connectivity index (χ1) is 5.33. The zero-order valence-corrected chi connectivity index (χ0v) is 8.35. The second kappa shape index (κ2) is 4.45. The highest BCUT2D eigenvalue weighted by Gasteiger charge is 2.10. The van der Waals surface area contributed by atoms with Gasteiger partial charge in [-0.3, -0.25) is 4.79 Å². The van der Waals surface area contributed by atoms with Crippen molar-refractivity contribution in [2.24, 2.45) is 0 Å². The fraction of sp³-hybridized carbons (Fsp3) is 0.778. The summed E-state index contributed by atoms with van der Waals surface area (Å²) in [6, 6.07) is 0. The van der Waals surface area contributed by atoms with Crippen LogP contribution in [0.1, 0.15) is 20.3 Å². The molecule has 0 bridgehead atoms. The summed E-state index contributed by atoms with van der Waals surface area (Å²) in [5, 5.41) is 3.04. The Labute approximate surface area is 75.1 Å². The van der Waals surface area contributed by atoms with Crippen molar-refractivity contribution in [2.45, 2.75) is 25.8 Å². The van der Waals surface area contributed by atoms with Crippen LogP contribution in [0.5, 0.6) is 0 Å². The van der Waals surface area contributed by atoms with Gasteiger partial charge in [0.15, 0.2) is 0 Å². The first-order valence-electron chi connectivity index (χ1n) is 4.07. The molecule has 0 aliphatic carbocycles. The molecule has 2 radical (unpaired) electrons. The Morgan fingerprint density at radius 1 is 1.50 bits per heavy atom. The van der Waals surface area contributed by atoms with Gasteiger partial charge in [-0.15, -0.1) is 0 Å². The third-order valence-electron chi connectivity index (χ3n) is 1.42. The summed E-state index contributed by atoms with van der Waals surface area (Å²) in [7, 11) is 3.49. The molecule has 0 aromatic rings. The van der Waals surface area contributed by atoms with Crippen molar-refractivity contribution in [3.8, 4) is 0 Å². The molecule has 12 heavy (non-hydrogen) atoms. The molecule has 0 saturated carbocycles. The molecule has 70 valence electrons. The fourth-order valence-corrected chi connectivity index (χ4v) is 0.715. The molecule has 0 aliphatic rings. The van der Waals surface area contributed by atoms with Crippen LogP contribution in [0.3, 0.4) is 0 Å². The predicted molar refractivity (Wildman–Crippen MR) is 49.7 cm³/mol. The molecule has 0 aromatic carbocycles. The minimum absolute atomic E-state index is 0.117. The number of hydrogen-bond acceptors (Lipinski definition) is 2. The van der Waals surface area contributed by atoms with Crippen LogP contribution in [-0.4, -0.2) is 37.0 Å². The van der Waals surface area contributed by atoms with E-state index in [1.807, 2.05) is 13.8 Å². The van der Waals surface area contributed by atoms with Gasteiger partial charge in [-0.2, -0.15) is 0 Å². The van der Waals surface area contributed by atoms with Crippen molar-refractivity contribution in [2.75, 3.05) is 20.6 Å². The molecule has 0 aliphatic heterocycles. The third-order valence-corrected chi connectivity index (χ3v) is 1.42. The molecule has 0 spiro atoms. The molecular weight excluding hydrogens is 152 g/mol. The normalized spacial score (nSPS) is 11.4. The quantitative estimate of drug-likeness (QED) is 0.668. The fourth-order valence-electron chi connectivity index (χ4n) is 0.715. The van der Waals surface area contributed by atoms with Gasteiger partial charge in [0.05, 0.1) is 0 Å². The van der Waals surface area contributed by atoms with E-state index in [0.29, 0.717) is 13.0 Å². The smallest absolute Gasteiger partial charge is 0.223 e. The number of amides is 1. The van der Waals surface area contributed by atoms with E-state index in [0.717, 1.165) is 0 Å². The van der Waals surface area contributed by atoms with Crippen molar-refractivity contribution in [3.63, 3.8) is 0 Å². The highest BCUT2D eigenvalue weighted by Crippen LogP contribution is 1.97. The molecule has 0 saturated heterocycles. The average Bonchev–Trinajstić information content (AvgIpc) is 1.84. The van der Waals surface area contributed by atoms with Gasteiger partial charge in [-0.05, 0) is 20.8 Å². The van der Waals surface area contributed by atoms with E-state index in [2.05, 4.69) is 5.32 Å². The van der Waals surface area contributed by atoms with E-state index in [4.69, 9.17) is 6.92 Å². The maximum Gasteiger partial charge on any atom is 0.223 e. The molecule has 1 N–H and O–H groups in total. The molecule has 0 heterocycles. The van der Waals surface area contributed by atoms with E-state index in [-0.39, 0.29) is 5.91 Å². The van der Waals surface area contributed by atoms with Crippen molar-refractivity contribution in [1.29, 1.82) is 0 Å². The lowest BCUT2D eigenvalue weighted by Crippen LogP contribution is -2.38. The SMILES string of the molecule is [CH]C(C)(C)NCCC(=O)N(C)C. The van der Waals surface area contributed by atoms with Crippen molar-refractivity contribution >= 4 is 5.91 Å². The number of carbonyl (C=O) groups excluding carboxylic acids is 1. The zero-order valence-electron chi connectivity index (χ0n) is 8.35. The summed E-state index contributed by atoms with van der Waals surface area (Å²) >= 11 is 0. The number of nitrogens with zero attached hydrogens (tertiary/aromatic N) is 1. The summed E-state index contributed by atoms with van der Waals surface area (Å²) in [5.41, 5.74) is -0.396. The van der Waals surface area contributed by atoms with Crippen LogP contribution in [0.4, 0.5) is 0 Å². The lowest BCUT2D eigenvalue weighted by Gasteiger charge is -2.20. The topological polar surface area (TPSA) is 32.3 Å². The van der Waals surface area contributed by atoms with Gasteiger partial charge in [0.1, 0.15) is 0 Å².